The summed E-state index contributed by atoms with van der Waals surface area (Å²) in [7, 11) is -1.20. The van der Waals surface area contributed by atoms with Gasteiger partial charge in [0.05, 0.1) is 0 Å². The molecule has 0 atom stereocenters. The molecule has 0 aromatic heterocycles. The zero-order valence-electron chi connectivity index (χ0n) is 10.5. The Morgan fingerprint density at radius 1 is 1.00 bits per heavy atom. The topological polar surface area (TPSA) is 0 Å². The van der Waals surface area contributed by atoms with Crippen LogP contribution in [0.5, 0.6) is 0 Å². The molecule has 0 rings (SSSR count). The van der Waals surface area contributed by atoms with Gasteiger partial charge in [-0.1, -0.05) is 57.2 Å². The van der Waals surface area contributed by atoms with Crippen molar-refractivity contribution in [1.29, 1.82) is 0 Å². The molecule has 0 aliphatic carbocycles. The van der Waals surface area contributed by atoms with Crippen LogP contribution in [0.4, 0.5) is 0 Å². The number of hydrogen-bond acceptors (Lipinski definition) is 0. The molecule has 0 aliphatic heterocycles. The van der Waals surface area contributed by atoms with Gasteiger partial charge < -0.3 is 0 Å². The largest absolute Gasteiger partial charge is 0.129 e. The van der Waals surface area contributed by atoms with Crippen LogP contribution in [0.2, 0.25) is 19.6 Å². The Balaban J connectivity index is 3.73. The van der Waals surface area contributed by atoms with Crippen LogP contribution in [0.25, 0.3) is 0 Å². The first kappa shape index (κ1) is 14.1. The summed E-state index contributed by atoms with van der Waals surface area (Å²) in [5.74, 6) is 9.19. The molecule has 82 valence electrons. The Hall–Kier alpha value is -0.923. The van der Waals surface area contributed by atoms with Gasteiger partial charge in [0.2, 0.25) is 0 Å². The van der Waals surface area contributed by atoms with Gasteiger partial charge in [0.1, 0.15) is 8.07 Å². The number of allylic oxidation sites excluding steroid dienone is 2. The van der Waals surface area contributed by atoms with Crippen LogP contribution in [0.1, 0.15) is 32.6 Å². The molecule has 0 saturated carbocycles. The van der Waals surface area contributed by atoms with Crippen molar-refractivity contribution in [2.75, 3.05) is 0 Å². The van der Waals surface area contributed by atoms with Crippen molar-refractivity contribution in [2.45, 2.75) is 52.2 Å². The molecule has 0 aromatic rings. The quantitative estimate of drug-likeness (QED) is 0.381. The third-order valence-electron chi connectivity index (χ3n) is 1.70. The van der Waals surface area contributed by atoms with Crippen LogP contribution in [0.3, 0.4) is 0 Å². The van der Waals surface area contributed by atoms with Crippen LogP contribution >= 0.6 is 0 Å². The van der Waals surface area contributed by atoms with E-state index in [4.69, 9.17) is 0 Å². The second-order valence-electron chi connectivity index (χ2n) is 4.63. The van der Waals surface area contributed by atoms with Gasteiger partial charge in [-0.2, -0.15) is 0 Å². The highest BCUT2D eigenvalue weighted by Gasteiger charge is 2.06. The van der Waals surface area contributed by atoms with E-state index in [2.05, 4.69) is 49.9 Å². The SMILES string of the molecule is CCCCCC#C/C=C/C#C[Si](C)(C)C. The van der Waals surface area contributed by atoms with Crippen molar-refractivity contribution >= 4 is 8.07 Å². The third-order valence-corrected chi connectivity index (χ3v) is 2.60. The Labute approximate surface area is 96.2 Å². The molecule has 1 heteroatoms. The summed E-state index contributed by atoms with van der Waals surface area (Å²) in [6, 6.07) is 0. The highest BCUT2D eigenvalue weighted by molar-refractivity contribution is 6.83. The van der Waals surface area contributed by atoms with Crippen molar-refractivity contribution in [1.82, 2.24) is 0 Å². The molecular formula is C14H22Si. The maximum atomic E-state index is 3.27. The molecule has 0 aromatic carbocycles. The number of hydrogen-bond donors (Lipinski definition) is 0. The monoisotopic (exact) mass is 218 g/mol. The lowest BCUT2D eigenvalue weighted by atomic mass is 10.2. The first-order valence-corrected chi connectivity index (χ1v) is 9.22. The molecular weight excluding hydrogens is 196 g/mol. The van der Waals surface area contributed by atoms with E-state index < -0.39 is 8.07 Å². The summed E-state index contributed by atoms with van der Waals surface area (Å²) < 4.78 is 0. The van der Waals surface area contributed by atoms with Gasteiger partial charge in [-0.15, -0.1) is 5.54 Å². The van der Waals surface area contributed by atoms with Crippen LogP contribution in [-0.4, -0.2) is 8.07 Å². The molecule has 0 radical (unpaired) electrons. The van der Waals surface area contributed by atoms with E-state index in [1.54, 1.807) is 0 Å². The van der Waals surface area contributed by atoms with Crippen LogP contribution in [0, 0.1) is 23.3 Å². The minimum absolute atomic E-state index is 1.01. The van der Waals surface area contributed by atoms with Crippen LogP contribution < -0.4 is 0 Å². The maximum Gasteiger partial charge on any atom is 0.129 e. The van der Waals surface area contributed by atoms with Gasteiger partial charge in [-0.3, -0.25) is 0 Å². The predicted octanol–water partition coefficient (Wildman–Crippen LogP) is 4.01. The van der Waals surface area contributed by atoms with Crippen molar-refractivity contribution < 1.29 is 0 Å². The molecule has 0 N–H and O–H groups in total. The van der Waals surface area contributed by atoms with Gasteiger partial charge >= 0.3 is 0 Å². The Bertz CT molecular complexity index is 296. The highest BCUT2D eigenvalue weighted by atomic mass is 28.3. The first-order valence-electron chi connectivity index (χ1n) is 5.72. The van der Waals surface area contributed by atoms with Crippen LogP contribution in [-0.2, 0) is 0 Å². The molecule has 0 saturated heterocycles. The van der Waals surface area contributed by atoms with E-state index in [1.807, 2.05) is 12.2 Å². The van der Waals surface area contributed by atoms with Crippen molar-refractivity contribution in [3.63, 3.8) is 0 Å². The zero-order chi connectivity index (χ0) is 11.6. The average molecular weight is 218 g/mol. The smallest absolute Gasteiger partial charge is 0.127 e. The lowest BCUT2D eigenvalue weighted by molar-refractivity contribution is 0.737. The Kier molecular flexibility index (Phi) is 7.87. The molecule has 15 heavy (non-hydrogen) atoms. The number of unbranched alkanes of at least 4 members (excludes halogenated alkanes) is 3. The van der Waals surface area contributed by atoms with E-state index in [-0.39, 0.29) is 0 Å². The van der Waals surface area contributed by atoms with Gasteiger partial charge in [-0.25, -0.2) is 0 Å². The second-order valence-corrected chi connectivity index (χ2v) is 9.38. The van der Waals surface area contributed by atoms with Crippen LogP contribution in [0.15, 0.2) is 12.2 Å². The zero-order valence-corrected chi connectivity index (χ0v) is 11.5. The van der Waals surface area contributed by atoms with E-state index in [0.717, 1.165) is 6.42 Å². The number of rotatable bonds is 3. The van der Waals surface area contributed by atoms with Gasteiger partial charge in [0.15, 0.2) is 0 Å². The molecule has 0 heterocycles. The molecule has 0 fully saturated rings. The fourth-order valence-electron chi connectivity index (χ4n) is 0.936. The van der Waals surface area contributed by atoms with Crippen molar-refractivity contribution in [3.05, 3.63) is 12.2 Å². The Morgan fingerprint density at radius 2 is 1.67 bits per heavy atom. The van der Waals surface area contributed by atoms with E-state index in [1.165, 1.54) is 19.3 Å². The third kappa shape index (κ3) is 13.1. The van der Waals surface area contributed by atoms with Gasteiger partial charge in [0.25, 0.3) is 0 Å². The van der Waals surface area contributed by atoms with E-state index >= 15 is 0 Å². The van der Waals surface area contributed by atoms with Crippen molar-refractivity contribution in [3.8, 4) is 23.3 Å². The summed E-state index contributed by atoms with van der Waals surface area (Å²) in [6.07, 6.45) is 8.51. The van der Waals surface area contributed by atoms with Gasteiger partial charge in [0, 0.05) is 6.42 Å². The summed E-state index contributed by atoms with van der Waals surface area (Å²) in [5.41, 5.74) is 3.27. The molecule has 0 unspecified atom stereocenters. The predicted molar refractivity (Wildman–Crippen MR) is 72.2 cm³/mol. The highest BCUT2D eigenvalue weighted by Crippen LogP contribution is 1.97. The van der Waals surface area contributed by atoms with Crippen molar-refractivity contribution in [2.24, 2.45) is 0 Å². The lowest BCUT2D eigenvalue weighted by Crippen LogP contribution is -2.16. The summed E-state index contributed by atoms with van der Waals surface area (Å²) in [5, 5.41) is 0. The molecule has 0 amide bonds. The van der Waals surface area contributed by atoms with Gasteiger partial charge in [-0.05, 0) is 18.6 Å². The fraction of sp³-hybridized carbons (Fsp3) is 0.571. The lowest BCUT2D eigenvalue weighted by Gasteiger charge is -2.01. The second kappa shape index (κ2) is 8.39. The Morgan fingerprint density at radius 3 is 2.27 bits per heavy atom. The molecule has 0 aliphatic rings. The molecule has 0 nitrogen and oxygen atoms in total. The molecule has 0 spiro atoms. The summed E-state index contributed by atoms with van der Waals surface area (Å²) in [6.45, 7) is 8.93. The van der Waals surface area contributed by atoms with E-state index in [0.29, 0.717) is 0 Å². The normalized spacial score (nSPS) is 10.4. The first-order chi connectivity index (χ1) is 7.06. The summed E-state index contributed by atoms with van der Waals surface area (Å²) in [4.78, 5) is 0. The fourth-order valence-corrected chi connectivity index (χ4v) is 1.45. The maximum absolute atomic E-state index is 3.27. The van der Waals surface area contributed by atoms with E-state index in [9.17, 15) is 0 Å². The summed E-state index contributed by atoms with van der Waals surface area (Å²) >= 11 is 0. The standard InChI is InChI=1S/C14H22Si/c1-5-6-7-8-9-10-11-12-13-14-15(2,3)4/h11-12H,5-8H2,1-4H3/b12-11+. The average Bonchev–Trinajstić information content (AvgIpc) is 2.14. The molecule has 0 bridgehead atoms. The minimum atomic E-state index is -1.20. The minimum Gasteiger partial charge on any atom is -0.127 e.